The number of β-amino-alcohol motifs (C(OH)–C–C–N with tert-alkyl or cyclic N) is 1. The zero-order valence-electron chi connectivity index (χ0n) is 12.3. The molecule has 5 nitrogen and oxygen atoms in total. The summed E-state index contributed by atoms with van der Waals surface area (Å²) in [4.78, 5) is 16.4. The Hall–Kier alpha value is -1.14. The van der Waals surface area contributed by atoms with E-state index in [0.29, 0.717) is 18.1 Å². The van der Waals surface area contributed by atoms with Gasteiger partial charge >= 0.3 is 0 Å². The summed E-state index contributed by atoms with van der Waals surface area (Å²) in [5.74, 6) is -0.00368. The number of aliphatic hydroxyl groups excluding tert-OH is 1. The monoisotopic (exact) mass is 311 g/mol. The minimum Gasteiger partial charge on any atom is -0.395 e. The second-order valence-corrected chi connectivity index (χ2v) is 5.79. The molecule has 21 heavy (non-hydrogen) atoms. The van der Waals surface area contributed by atoms with Crippen molar-refractivity contribution in [1.29, 1.82) is 0 Å². The van der Waals surface area contributed by atoms with Crippen LogP contribution in [0.4, 0.5) is 5.69 Å². The van der Waals surface area contributed by atoms with Crippen molar-refractivity contribution in [1.82, 2.24) is 9.80 Å². The van der Waals surface area contributed by atoms with E-state index in [1.165, 1.54) is 0 Å². The molecule has 1 aliphatic rings. The first-order valence-corrected chi connectivity index (χ1v) is 7.58. The Bertz CT molecular complexity index is 488. The van der Waals surface area contributed by atoms with Crippen molar-refractivity contribution in [3.8, 4) is 0 Å². The highest BCUT2D eigenvalue weighted by Crippen LogP contribution is 2.19. The summed E-state index contributed by atoms with van der Waals surface area (Å²) in [7, 11) is 0. The average molecular weight is 312 g/mol. The quantitative estimate of drug-likeness (QED) is 0.858. The SMILES string of the molecule is Cc1cc(Cl)ccc1NC(=O)CN1CCN(CCO)CC1. The molecule has 0 aromatic heterocycles. The second-order valence-electron chi connectivity index (χ2n) is 5.35. The van der Waals surface area contributed by atoms with Crippen LogP contribution in [-0.4, -0.2) is 66.7 Å². The van der Waals surface area contributed by atoms with Crippen LogP contribution in [-0.2, 0) is 4.79 Å². The first kappa shape index (κ1) is 16.2. The fraction of sp³-hybridized carbons (Fsp3) is 0.533. The van der Waals surface area contributed by atoms with E-state index in [1.807, 2.05) is 19.1 Å². The van der Waals surface area contributed by atoms with Crippen molar-refractivity contribution >= 4 is 23.2 Å². The number of hydrogen-bond acceptors (Lipinski definition) is 4. The van der Waals surface area contributed by atoms with Gasteiger partial charge in [0.2, 0.25) is 5.91 Å². The molecule has 116 valence electrons. The third kappa shape index (κ3) is 4.97. The number of aryl methyl sites for hydroxylation is 1. The highest BCUT2D eigenvalue weighted by molar-refractivity contribution is 6.30. The van der Waals surface area contributed by atoms with Crippen LogP contribution in [0.3, 0.4) is 0 Å². The molecule has 0 saturated carbocycles. The molecule has 1 saturated heterocycles. The van der Waals surface area contributed by atoms with Crippen molar-refractivity contribution in [3.63, 3.8) is 0 Å². The number of carbonyl (C=O) groups is 1. The van der Waals surface area contributed by atoms with Crippen molar-refractivity contribution in [3.05, 3.63) is 28.8 Å². The molecular formula is C15H22ClN3O2. The summed E-state index contributed by atoms with van der Waals surface area (Å²) in [5, 5.41) is 12.5. The number of halogens is 1. The number of anilines is 1. The molecule has 0 aliphatic carbocycles. The molecule has 1 aromatic rings. The number of aliphatic hydroxyl groups is 1. The van der Waals surface area contributed by atoms with Crippen molar-refractivity contribution < 1.29 is 9.90 Å². The normalized spacial score (nSPS) is 16.9. The Morgan fingerprint density at radius 2 is 1.95 bits per heavy atom. The molecule has 1 fully saturated rings. The van der Waals surface area contributed by atoms with Crippen LogP contribution >= 0.6 is 11.6 Å². The molecule has 2 rings (SSSR count). The molecule has 1 aliphatic heterocycles. The van der Waals surface area contributed by atoms with Gasteiger partial charge in [0, 0.05) is 43.4 Å². The lowest BCUT2D eigenvalue weighted by molar-refractivity contribution is -0.117. The lowest BCUT2D eigenvalue weighted by Gasteiger charge is -2.33. The number of hydrogen-bond donors (Lipinski definition) is 2. The summed E-state index contributed by atoms with van der Waals surface area (Å²) in [6.07, 6.45) is 0. The van der Waals surface area contributed by atoms with Crippen LogP contribution in [0.1, 0.15) is 5.56 Å². The molecule has 0 atom stereocenters. The minimum atomic E-state index is -0.00368. The molecular weight excluding hydrogens is 290 g/mol. The maximum absolute atomic E-state index is 12.1. The zero-order valence-corrected chi connectivity index (χ0v) is 13.1. The summed E-state index contributed by atoms with van der Waals surface area (Å²) < 4.78 is 0. The third-order valence-electron chi connectivity index (χ3n) is 3.71. The Morgan fingerprint density at radius 3 is 2.57 bits per heavy atom. The minimum absolute atomic E-state index is 0.00368. The van der Waals surface area contributed by atoms with E-state index in [2.05, 4.69) is 15.1 Å². The fourth-order valence-corrected chi connectivity index (χ4v) is 2.70. The number of amides is 1. The van der Waals surface area contributed by atoms with Crippen LogP contribution in [0.25, 0.3) is 0 Å². The Labute approximate surface area is 130 Å². The van der Waals surface area contributed by atoms with Gasteiger partial charge in [-0.1, -0.05) is 11.6 Å². The van der Waals surface area contributed by atoms with Crippen LogP contribution < -0.4 is 5.32 Å². The maximum Gasteiger partial charge on any atom is 0.238 e. The predicted octanol–water partition coefficient (Wildman–Crippen LogP) is 1.20. The third-order valence-corrected chi connectivity index (χ3v) is 3.95. The molecule has 2 N–H and O–H groups in total. The fourth-order valence-electron chi connectivity index (χ4n) is 2.47. The van der Waals surface area contributed by atoms with Crippen LogP contribution in [0.15, 0.2) is 18.2 Å². The van der Waals surface area contributed by atoms with Crippen LogP contribution in [0.2, 0.25) is 5.02 Å². The lowest BCUT2D eigenvalue weighted by Crippen LogP contribution is -2.49. The van der Waals surface area contributed by atoms with E-state index < -0.39 is 0 Å². The highest BCUT2D eigenvalue weighted by Gasteiger charge is 2.18. The van der Waals surface area contributed by atoms with Gasteiger partial charge in [-0.2, -0.15) is 0 Å². The smallest absolute Gasteiger partial charge is 0.238 e. The van der Waals surface area contributed by atoms with Gasteiger partial charge in [0.1, 0.15) is 0 Å². The Morgan fingerprint density at radius 1 is 1.29 bits per heavy atom. The van der Waals surface area contributed by atoms with Gasteiger partial charge in [-0.15, -0.1) is 0 Å². The lowest BCUT2D eigenvalue weighted by atomic mass is 10.2. The van der Waals surface area contributed by atoms with E-state index in [1.54, 1.807) is 6.07 Å². The van der Waals surface area contributed by atoms with Gasteiger partial charge < -0.3 is 10.4 Å². The van der Waals surface area contributed by atoms with Crippen molar-refractivity contribution in [2.75, 3.05) is 51.2 Å². The molecule has 0 spiro atoms. The maximum atomic E-state index is 12.1. The summed E-state index contributed by atoms with van der Waals surface area (Å²) in [6.45, 7) is 6.73. The molecule has 0 unspecified atom stereocenters. The molecule has 0 bridgehead atoms. The predicted molar refractivity (Wildman–Crippen MR) is 84.8 cm³/mol. The molecule has 1 heterocycles. The van der Waals surface area contributed by atoms with Gasteiger partial charge in [0.15, 0.2) is 0 Å². The first-order chi connectivity index (χ1) is 10.1. The largest absolute Gasteiger partial charge is 0.395 e. The van der Waals surface area contributed by atoms with Crippen LogP contribution in [0, 0.1) is 6.92 Å². The van der Waals surface area contributed by atoms with E-state index in [0.717, 1.165) is 37.4 Å². The molecule has 0 radical (unpaired) electrons. The summed E-state index contributed by atoms with van der Waals surface area (Å²) in [5.41, 5.74) is 1.77. The highest BCUT2D eigenvalue weighted by atomic mass is 35.5. The Kier molecular flexibility index (Phi) is 5.99. The van der Waals surface area contributed by atoms with Gasteiger partial charge in [-0.05, 0) is 30.7 Å². The zero-order chi connectivity index (χ0) is 15.2. The van der Waals surface area contributed by atoms with Gasteiger partial charge in [0.25, 0.3) is 0 Å². The standard InChI is InChI=1S/C15H22ClN3O2/c1-12-10-13(16)2-3-14(12)17-15(21)11-19-6-4-18(5-7-19)8-9-20/h2-3,10,20H,4-9,11H2,1H3,(H,17,21). The van der Waals surface area contributed by atoms with Crippen molar-refractivity contribution in [2.24, 2.45) is 0 Å². The number of piperazine rings is 1. The van der Waals surface area contributed by atoms with E-state index in [-0.39, 0.29) is 12.5 Å². The second kappa shape index (κ2) is 7.75. The van der Waals surface area contributed by atoms with Crippen LogP contribution in [0.5, 0.6) is 0 Å². The number of benzene rings is 1. The Balaban J connectivity index is 1.80. The number of rotatable bonds is 5. The van der Waals surface area contributed by atoms with Gasteiger partial charge in [-0.25, -0.2) is 0 Å². The van der Waals surface area contributed by atoms with Crippen molar-refractivity contribution in [2.45, 2.75) is 6.92 Å². The summed E-state index contributed by atoms with van der Waals surface area (Å²) >= 11 is 5.91. The van der Waals surface area contributed by atoms with Gasteiger partial charge in [-0.3, -0.25) is 14.6 Å². The molecule has 1 amide bonds. The number of nitrogens with zero attached hydrogens (tertiary/aromatic N) is 2. The van der Waals surface area contributed by atoms with E-state index in [4.69, 9.17) is 16.7 Å². The first-order valence-electron chi connectivity index (χ1n) is 7.20. The van der Waals surface area contributed by atoms with Gasteiger partial charge in [0.05, 0.1) is 13.2 Å². The number of nitrogens with one attached hydrogen (secondary N) is 1. The summed E-state index contributed by atoms with van der Waals surface area (Å²) in [6, 6.07) is 5.44. The molecule has 1 aromatic carbocycles. The molecule has 6 heteroatoms. The average Bonchev–Trinajstić information content (AvgIpc) is 2.44. The van der Waals surface area contributed by atoms with E-state index >= 15 is 0 Å². The van der Waals surface area contributed by atoms with E-state index in [9.17, 15) is 4.79 Å². The topological polar surface area (TPSA) is 55.8 Å². The number of carbonyl (C=O) groups excluding carboxylic acids is 1.